The van der Waals surface area contributed by atoms with E-state index in [9.17, 15) is 0 Å². The van der Waals surface area contributed by atoms with E-state index in [0.717, 1.165) is 12.8 Å². The lowest BCUT2D eigenvalue weighted by atomic mass is 10.1. The first-order valence-corrected chi connectivity index (χ1v) is 4.28. The molecule has 0 saturated heterocycles. The highest BCUT2D eigenvalue weighted by atomic mass is 35.5. The van der Waals surface area contributed by atoms with Crippen LogP contribution in [0.15, 0.2) is 23.8 Å². The Bertz CT molecular complexity index is 156. The van der Waals surface area contributed by atoms with Crippen LogP contribution >= 0.6 is 11.6 Å². The molecule has 56 valence electrons. The van der Waals surface area contributed by atoms with Crippen molar-refractivity contribution < 1.29 is 0 Å². The van der Waals surface area contributed by atoms with Crippen molar-refractivity contribution in [1.82, 2.24) is 0 Å². The van der Waals surface area contributed by atoms with Crippen molar-refractivity contribution in [2.75, 3.05) is 0 Å². The third-order valence-corrected chi connectivity index (χ3v) is 2.24. The first-order chi connectivity index (χ1) is 4.84. The molecule has 0 amide bonds. The third-order valence-electron chi connectivity index (χ3n) is 1.74. The first kappa shape index (κ1) is 7.87. The molecular formula is C9H13Cl. The summed E-state index contributed by atoms with van der Waals surface area (Å²) >= 11 is 6.08. The highest BCUT2D eigenvalue weighted by Gasteiger charge is 2.09. The minimum absolute atomic E-state index is 0.278. The largest absolute Gasteiger partial charge is 0.118 e. The Morgan fingerprint density at radius 2 is 2.50 bits per heavy atom. The summed E-state index contributed by atoms with van der Waals surface area (Å²) in [7, 11) is 0. The maximum Gasteiger partial charge on any atom is 0.0551 e. The summed E-state index contributed by atoms with van der Waals surface area (Å²) in [6.07, 6.45) is 9.71. The van der Waals surface area contributed by atoms with Crippen molar-refractivity contribution in [3.05, 3.63) is 23.8 Å². The van der Waals surface area contributed by atoms with Gasteiger partial charge in [-0.05, 0) is 18.4 Å². The Labute approximate surface area is 67.6 Å². The van der Waals surface area contributed by atoms with Gasteiger partial charge < -0.3 is 0 Å². The second-order valence-corrected chi connectivity index (χ2v) is 3.16. The van der Waals surface area contributed by atoms with Crippen LogP contribution < -0.4 is 0 Å². The molecule has 1 atom stereocenters. The molecule has 1 aliphatic rings. The number of hydrogen-bond donors (Lipinski definition) is 0. The van der Waals surface area contributed by atoms with E-state index in [1.807, 2.05) is 0 Å². The lowest BCUT2D eigenvalue weighted by Crippen LogP contribution is -1.99. The topological polar surface area (TPSA) is 0 Å². The minimum Gasteiger partial charge on any atom is -0.118 e. The van der Waals surface area contributed by atoms with E-state index in [1.165, 1.54) is 12.0 Å². The van der Waals surface area contributed by atoms with E-state index in [2.05, 4.69) is 25.2 Å². The van der Waals surface area contributed by atoms with Crippen LogP contribution in [0.2, 0.25) is 0 Å². The molecule has 1 aliphatic carbocycles. The van der Waals surface area contributed by atoms with Gasteiger partial charge in [0.1, 0.15) is 0 Å². The fourth-order valence-electron chi connectivity index (χ4n) is 1.13. The van der Waals surface area contributed by atoms with Gasteiger partial charge in [-0.1, -0.05) is 31.6 Å². The van der Waals surface area contributed by atoms with Crippen LogP contribution in [0.25, 0.3) is 0 Å². The van der Waals surface area contributed by atoms with Crippen LogP contribution in [0.3, 0.4) is 0 Å². The van der Waals surface area contributed by atoms with Gasteiger partial charge in [0.15, 0.2) is 0 Å². The predicted molar refractivity (Wildman–Crippen MR) is 46.4 cm³/mol. The summed E-state index contributed by atoms with van der Waals surface area (Å²) in [5.41, 5.74) is 1.38. The first-order valence-electron chi connectivity index (χ1n) is 3.84. The van der Waals surface area contributed by atoms with Gasteiger partial charge in [-0.3, -0.25) is 0 Å². The van der Waals surface area contributed by atoms with Crippen molar-refractivity contribution in [3.8, 4) is 0 Å². The lowest BCUT2D eigenvalue weighted by Gasteiger charge is -2.07. The molecule has 0 nitrogen and oxygen atoms in total. The standard InChI is InChI=1S/C9H13Cl/c1-2-5-9(10)8-6-3-4-7-8/h3-4,6,9H,2,5,7H2,1H3. The van der Waals surface area contributed by atoms with E-state index in [-0.39, 0.29) is 5.38 Å². The second kappa shape index (κ2) is 3.82. The zero-order valence-electron chi connectivity index (χ0n) is 6.31. The normalized spacial score (nSPS) is 19.2. The number of hydrogen-bond acceptors (Lipinski definition) is 0. The monoisotopic (exact) mass is 156 g/mol. The average molecular weight is 157 g/mol. The summed E-state index contributed by atoms with van der Waals surface area (Å²) in [5, 5.41) is 0.278. The molecular weight excluding hydrogens is 144 g/mol. The number of halogens is 1. The Morgan fingerprint density at radius 3 is 3.00 bits per heavy atom. The van der Waals surface area contributed by atoms with Crippen LogP contribution in [0.5, 0.6) is 0 Å². The summed E-state index contributed by atoms with van der Waals surface area (Å²) in [6, 6.07) is 0. The van der Waals surface area contributed by atoms with Gasteiger partial charge in [0, 0.05) is 0 Å². The fourth-order valence-corrected chi connectivity index (χ4v) is 1.51. The van der Waals surface area contributed by atoms with Crippen molar-refractivity contribution in [3.63, 3.8) is 0 Å². The fraction of sp³-hybridized carbons (Fsp3) is 0.556. The van der Waals surface area contributed by atoms with E-state index >= 15 is 0 Å². The Balaban J connectivity index is 2.35. The van der Waals surface area contributed by atoms with Crippen molar-refractivity contribution >= 4 is 11.6 Å². The summed E-state index contributed by atoms with van der Waals surface area (Å²) < 4.78 is 0. The Hall–Kier alpha value is -0.230. The predicted octanol–water partition coefficient (Wildman–Crippen LogP) is 3.28. The Morgan fingerprint density at radius 1 is 1.70 bits per heavy atom. The minimum atomic E-state index is 0.278. The van der Waals surface area contributed by atoms with Gasteiger partial charge in [0.05, 0.1) is 5.38 Å². The summed E-state index contributed by atoms with van der Waals surface area (Å²) in [5.74, 6) is 0. The SMILES string of the molecule is CCCC(Cl)C1=CC=CC1. The lowest BCUT2D eigenvalue weighted by molar-refractivity contribution is 0.786. The molecule has 0 fully saturated rings. The van der Waals surface area contributed by atoms with Gasteiger partial charge in [-0.2, -0.15) is 0 Å². The smallest absolute Gasteiger partial charge is 0.0551 e. The highest BCUT2D eigenvalue weighted by Crippen LogP contribution is 2.22. The van der Waals surface area contributed by atoms with E-state index in [4.69, 9.17) is 11.6 Å². The molecule has 0 aromatic heterocycles. The van der Waals surface area contributed by atoms with Crippen LogP contribution in [-0.4, -0.2) is 5.38 Å². The molecule has 0 bridgehead atoms. The van der Waals surface area contributed by atoms with Gasteiger partial charge in [-0.15, -0.1) is 11.6 Å². The van der Waals surface area contributed by atoms with Crippen LogP contribution in [0, 0.1) is 0 Å². The van der Waals surface area contributed by atoms with Crippen molar-refractivity contribution in [2.24, 2.45) is 0 Å². The molecule has 0 spiro atoms. The van der Waals surface area contributed by atoms with Gasteiger partial charge in [-0.25, -0.2) is 0 Å². The molecule has 0 heterocycles. The molecule has 0 radical (unpaired) electrons. The van der Waals surface area contributed by atoms with Gasteiger partial charge in [0.2, 0.25) is 0 Å². The van der Waals surface area contributed by atoms with Crippen LogP contribution in [0.1, 0.15) is 26.2 Å². The maximum absolute atomic E-state index is 6.08. The molecule has 1 unspecified atom stereocenters. The maximum atomic E-state index is 6.08. The average Bonchev–Trinajstić information content (AvgIpc) is 2.38. The number of allylic oxidation sites excluding steroid dienone is 4. The molecule has 0 N–H and O–H groups in total. The molecule has 10 heavy (non-hydrogen) atoms. The second-order valence-electron chi connectivity index (χ2n) is 2.63. The van der Waals surface area contributed by atoms with E-state index in [0.29, 0.717) is 0 Å². The summed E-state index contributed by atoms with van der Waals surface area (Å²) in [4.78, 5) is 0. The van der Waals surface area contributed by atoms with Gasteiger partial charge in [0.25, 0.3) is 0 Å². The number of rotatable bonds is 3. The molecule has 0 aliphatic heterocycles. The van der Waals surface area contributed by atoms with Crippen molar-refractivity contribution in [1.29, 1.82) is 0 Å². The summed E-state index contributed by atoms with van der Waals surface area (Å²) in [6.45, 7) is 2.16. The number of alkyl halides is 1. The van der Waals surface area contributed by atoms with Gasteiger partial charge >= 0.3 is 0 Å². The van der Waals surface area contributed by atoms with Crippen LogP contribution in [0.4, 0.5) is 0 Å². The molecule has 0 aromatic rings. The quantitative estimate of drug-likeness (QED) is 0.551. The zero-order chi connectivity index (χ0) is 7.40. The van der Waals surface area contributed by atoms with Crippen LogP contribution in [-0.2, 0) is 0 Å². The van der Waals surface area contributed by atoms with E-state index in [1.54, 1.807) is 0 Å². The molecule has 0 saturated carbocycles. The third kappa shape index (κ3) is 1.88. The van der Waals surface area contributed by atoms with Crippen molar-refractivity contribution in [2.45, 2.75) is 31.6 Å². The Kier molecular flexibility index (Phi) is 3.01. The highest BCUT2D eigenvalue weighted by molar-refractivity contribution is 6.22. The molecule has 0 aromatic carbocycles. The molecule has 1 rings (SSSR count). The zero-order valence-corrected chi connectivity index (χ0v) is 7.06. The molecule has 1 heteroatoms. The van der Waals surface area contributed by atoms with E-state index < -0.39 is 0 Å².